The van der Waals surface area contributed by atoms with Crippen LogP contribution in [0.15, 0.2) is 32.3 Å². The van der Waals surface area contributed by atoms with Crippen molar-refractivity contribution < 1.29 is 14.3 Å². The highest BCUT2D eigenvalue weighted by molar-refractivity contribution is 5.84. The van der Waals surface area contributed by atoms with Gasteiger partial charge in [0.15, 0.2) is 0 Å². The van der Waals surface area contributed by atoms with Gasteiger partial charge in [0.25, 0.3) is 5.56 Å². The molecule has 2 aromatic heterocycles. The van der Waals surface area contributed by atoms with E-state index in [1.807, 2.05) is 0 Å². The van der Waals surface area contributed by atoms with E-state index in [2.05, 4.69) is 0 Å². The monoisotopic (exact) mass is 264 g/mol. The summed E-state index contributed by atoms with van der Waals surface area (Å²) in [7, 11) is 1.53. The number of aromatic carboxylic acids is 1. The van der Waals surface area contributed by atoms with Crippen LogP contribution in [0.1, 0.15) is 21.9 Å². The predicted octanol–water partition coefficient (Wildman–Crippen LogP) is 0.195. The Morgan fingerprint density at radius 1 is 1.42 bits per heavy atom. The van der Waals surface area contributed by atoms with E-state index in [0.717, 1.165) is 4.57 Å². The molecule has 2 rings (SSSR count). The van der Waals surface area contributed by atoms with Crippen molar-refractivity contribution in [1.82, 2.24) is 9.13 Å². The number of rotatable bonds is 3. The van der Waals surface area contributed by atoms with E-state index < -0.39 is 17.2 Å². The number of nitrogens with zero attached hydrogens (tertiary/aromatic N) is 2. The van der Waals surface area contributed by atoms with Crippen molar-refractivity contribution in [3.8, 4) is 0 Å². The van der Waals surface area contributed by atoms with Crippen LogP contribution >= 0.6 is 0 Å². The normalized spacial score (nSPS) is 10.6. The third-order valence-electron chi connectivity index (χ3n) is 2.80. The lowest BCUT2D eigenvalue weighted by atomic mass is 10.2. The van der Waals surface area contributed by atoms with Crippen molar-refractivity contribution in [1.29, 1.82) is 0 Å². The zero-order chi connectivity index (χ0) is 14.2. The molecule has 0 radical (unpaired) electrons. The molecule has 0 amide bonds. The number of furan rings is 1. The molecule has 0 aliphatic heterocycles. The third kappa shape index (κ3) is 2.35. The fourth-order valence-electron chi connectivity index (χ4n) is 1.71. The predicted molar refractivity (Wildman–Crippen MR) is 65.4 cm³/mol. The van der Waals surface area contributed by atoms with Crippen LogP contribution in [-0.4, -0.2) is 20.2 Å². The van der Waals surface area contributed by atoms with E-state index in [0.29, 0.717) is 11.3 Å². The Labute approximate surface area is 107 Å². The molecule has 100 valence electrons. The van der Waals surface area contributed by atoms with Crippen molar-refractivity contribution in [2.45, 2.75) is 13.5 Å². The zero-order valence-electron chi connectivity index (χ0n) is 10.4. The molecule has 7 heteroatoms. The van der Waals surface area contributed by atoms with Gasteiger partial charge in [-0.1, -0.05) is 0 Å². The van der Waals surface area contributed by atoms with Gasteiger partial charge in [0, 0.05) is 24.9 Å². The van der Waals surface area contributed by atoms with Crippen LogP contribution < -0.4 is 11.2 Å². The highest BCUT2D eigenvalue weighted by atomic mass is 16.4. The molecule has 0 aliphatic rings. The third-order valence-corrected chi connectivity index (χ3v) is 2.80. The second-order valence-corrected chi connectivity index (χ2v) is 4.13. The van der Waals surface area contributed by atoms with Gasteiger partial charge in [0.1, 0.15) is 5.76 Å². The molecule has 2 heterocycles. The van der Waals surface area contributed by atoms with E-state index in [9.17, 15) is 14.4 Å². The quantitative estimate of drug-likeness (QED) is 0.854. The maximum atomic E-state index is 11.8. The number of hydrogen-bond donors (Lipinski definition) is 1. The second kappa shape index (κ2) is 4.60. The molecule has 1 N–H and O–H groups in total. The Morgan fingerprint density at radius 2 is 2.11 bits per heavy atom. The number of aromatic nitrogens is 2. The largest absolute Gasteiger partial charge is 0.475 e. The van der Waals surface area contributed by atoms with E-state index in [1.165, 1.54) is 29.9 Å². The first-order chi connectivity index (χ1) is 8.90. The molecule has 19 heavy (non-hydrogen) atoms. The fourth-order valence-corrected chi connectivity index (χ4v) is 1.71. The summed E-state index contributed by atoms with van der Waals surface area (Å²) in [4.78, 5) is 34.3. The lowest BCUT2D eigenvalue weighted by Gasteiger charge is -2.05. The van der Waals surface area contributed by atoms with Crippen LogP contribution in [0.25, 0.3) is 0 Å². The first kappa shape index (κ1) is 12.9. The van der Waals surface area contributed by atoms with E-state index in [4.69, 9.17) is 9.52 Å². The fraction of sp³-hybridized carbons (Fsp3) is 0.250. The highest BCUT2D eigenvalue weighted by Gasteiger charge is 2.14. The van der Waals surface area contributed by atoms with Gasteiger partial charge >= 0.3 is 11.7 Å². The molecule has 0 bridgehead atoms. The SMILES string of the molecule is Cc1oc(C(=O)O)cc1Cn1c(=O)ccn(C)c1=O. The minimum Gasteiger partial charge on any atom is -0.475 e. The lowest BCUT2D eigenvalue weighted by molar-refractivity contribution is 0.0661. The molecule has 0 atom stereocenters. The van der Waals surface area contributed by atoms with Gasteiger partial charge in [-0.2, -0.15) is 0 Å². The van der Waals surface area contributed by atoms with Crippen molar-refractivity contribution in [3.05, 3.63) is 56.3 Å². The molecule has 0 aliphatic carbocycles. The van der Waals surface area contributed by atoms with Crippen LogP contribution in [0, 0.1) is 6.92 Å². The first-order valence-electron chi connectivity index (χ1n) is 5.49. The molecule has 0 fully saturated rings. The van der Waals surface area contributed by atoms with Crippen molar-refractivity contribution >= 4 is 5.97 Å². The van der Waals surface area contributed by atoms with Gasteiger partial charge in [-0.25, -0.2) is 9.59 Å². The average Bonchev–Trinajstić information content (AvgIpc) is 2.72. The minimum atomic E-state index is -1.19. The second-order valence-electron chi connectivity index (χ2n) is 4.13. The summed E-state index contributed by atoms with van der Waals surface area (Å²) < 4.78 is 7.32. The van der Waals surface area contributed by atoms with E-state index in [-0.39, 0.29) is 12.3 Å². The standard InChI is InChI=1S/C12H12N2O5/c1-7-8(5-9(19-7)11(16)17)6-14-10(15)3-4-13(2)12(14)18/h3-5H,6H2,1-2H3,(H,16,17). The van der Waals surface area contributed by atoms with Crippen LogP contribution in [0.3, 0.4) is 0 Å². The number of carboxylic acid groups (broad SMARTS) is 1. The van der Waals surface area contributed by atoms with Gasteiger partial charge in [-0.3, -0.25) is 9.36 Å². The number of carbonyl (C=O) groups is 1. The Morgan fingerprint density at radius 3 is 2.68 bits per heavy atom. The molecule has 0 saturated heterocycles. The van der Waals surface area contributed by atoms with Gasteiger partial charge in [-0.15, -0.1) is 0 Å². The first-order valence-corrected chi connectivity index (χ1v) is 5.49. The van der Waals surface area contributed by atoms with Crippen molar-refractivity contribution in [2.75, 3.05) is 0 Å². The summed E-state index contributed by atoms with van der Waals surface area (Å²) in [6.07, 6.45) is 1.38. The zero-order valence-corrected chi connectivity index (χ0v) is 10.4. The highest BCUT2D eigenvalue weighted by Crippen LogP contribution is 2.14. The molecular formula is C12H12N2O5. The molecular weight excluding hydrogens is 252 g/mol. The van der Waals surface area contributed by atoms with Crippen LogP contribution in [0.5, 0.6) is 0 Å². The maximum absolute atomic E-state index is 11.8. The summed E-state index contributed by atoms with van der Waals surface area (Å²) in [5.41, 5.74) is -0.423. The van der Waals surface area contributed by atoms with Crippen LogP contribution in [0.2, 0.25) is 0 Å². The van der Waals surface area contributed by atoms with Crippen molar-refractivity contribution in [3.63, 3.8) is 0 Å². The molecule has 7 nitrogen and oxygen atoms in total. The summed E-state index contributed by atoms with van der Waals surface area (Å²) >= 11 is 0. The Hall–Kier alpha value is -2.57. The summed E-state index contributed by atoms with van der Waals surface area (Å²) in [5, 5.41) is 8.81. The van der Waals surface area contributed by atoms with Crippen molar-refractivity contribution in [2.24, 2.45) is 7.05 Å². The lowest BCUT2D eigenvalue weighted by Crippen LogP contribution is -2.38. The van der Waals surface area contributed by atoms with E-state index >= 15 is 0 Å². The molecule has 0 aromatic carbocycles. The molecule has 2 aromatic rings. The topological polar surface area (TPSA) is 94.4 Å². The van der Waals surface area contributed by atoms with Gasteiger partial charge in [0.05, 0.1) is 6.54 Å². The van der Waals surface area contributed by atoms with Gasteiger partial charge in [0.2, 0.25) is 5.76 Å². The number of aryl methyl sites for hydroxylation is 2. The van der Waals surface area contributed by atoms with E-state index in [1.54, 1.807) is 6.92 Å². The Kier molecular flexibility index (Phi) is 3.12. The Balaban J connectivity index is 2.48. The molecule has 0 spiro atoms. The molecule has 0 unspecified atom stereocenters. The Bertz CT molecular complexity index is 750. The van der Waals surface area contributed by atoms with Crippen LogP contribution in [-0.2, 0) is 13.6 Å². The average molecular weight is 264 g/mol. The van der Waals surface area contributed by atoms with Gasteiger partial charge < -0.3 is 14.1 Å². The summed E-state index contributed by atoms with van der Waals surface area (Å²) in [6, 6.07) is 2.59. The number of carboxylic acids is 1. The van der Waals surface area contributed by atoms with Crippen LogP contribution in [0.4, 0.5) is 0 Å². The molecule has 0 saturated carbocycles. The summed E-state index contributed by atoms with van der Waals surface area (Å²) in [6.45, 7) is 1.56. The van der Waals surface area contributed by atoms with Gasteiger partial charge in [-0.05, 0) is 13.0 Å². The minimum absolute atomic E-state index is 0.0189. The maximum Gasteiger partial charge on any atom is 0.371 e. The smallest absolute Gasteiger partial charge is 0.371 e. The number of hydrogen-bond acceptors (Lipinski definition) is 4. The summed E-state index contributed by atoms with van der Waals surface area (Å²) in [5.74, 6) is -1.04.